The van der Waals surface area contributed by atoms with Crippen molar-refractivity contribution < 1.29 is 17.9 Å². The van der Waals surface area contributed by atoms with E-state index in [9.17, 15) is 13.2 Å². The molecule has 0 bridgehead atoms. The van der Waals surface area contributed by atoms with E-state index in [1.54, 1.807) is 12.3 Å². The minimum atomic E-state index is -3.70. The summed E-state index contributed by atoms with van der Waals surface area (Å²) in [6.45, 7) is 8.07. The first kappa shape index (κ1) is 17.1. The molecule has 0 saturated carbocycles. The lowest BCUT2D eigenvalue weighted by atomic mass is 9.99. The Morgan fingerprint density at radius 2 is 2.00 bits per heavy atom. The lowest BCUT2D eigenvalue weighted by Crippen LogP contribution is -2.31. The minimum Gasteiger partial charge on any atom is -0.465 e. The molecule has 1 unspecified atom stereocenters. The highest BCUT2D eigenvalue weighted by atomic mass is 32.2. The van der Waals surface area contributed by atoms with Gasteiger partial charge >= 0.3 is 5.97 Å². The van der Waals surface area contributed by atoms with Gasteiger partial charge in [0.25, 0.3) is 0 Å². The van der Waals surface area contributed by atoms with Gasteiger partial charge in [0.15, 0.2) is 0 Å². The van der Waals surface area contributed by atoms with Gasteiger partial charge in [-0.05, 0) is 29.7 Å². The fourth-order valence-corrected chi connectivity index (χ4v) is 4.39. The van der Waals surface area contributed by atoms with Crippen molar-refractivity contribution in [3.05, 3.63) is 15.8 Å². The predicted octanol–water partition coefficient (Wildman–Crippen LogP) is 2.41. The van der Waals surface area contributed by atoms with Gasteiger partial charge in [-0.1, -0.05) is 20.8 Å². The standard InChI is InChI=1S/C13H21NO4S2/c1-8(2)9(3)6-14-20(16,17)12-10(4)7-19-11(12)13(15)18-5/h7-9,14H,6H2,1-5H3. The Hall–Kier alpha value is -0.920. The van der Waals surface area contributed by atoms with E-state index in [-0.39, 0.29) is 15.7 Å². The molecule has 114 valence electrons. The van der Waals surface area contributed by atoms with E-state index in [0.717, 1.165) is 11.3 Å². The smallest absolute Gasteiger partial charge is 0.349 e. The van der Waals surface area contributed by atoms with Gasteiger partial charge in [-0.3, -0.25) is 0 Å². The number of sulfonamides is 1. The number of hydrogen-bond acceptors (Lipinski definition) is 5. The number of aryl methyl sites for hydroxylation is 1. The fourth-order valence-electron chi connectivity index (χ4n) is 1.55. The van der Waals surface area contributed by atoms with Gasteiger partial charge in [0.2, 0.25) is 10.0 Å². The molecule has 1 heterocycles. The van der Waals surface area contributed by atoms with Crippen LogP contribution in [0, 0.1) is 18.8 Å². The Kier molecular flexibility index (Phi) is 5.73. The molecule has 0 aliphatic carbocycles. The van der Waals surface area contributed by atoms with Crippen LogP contribution in [0.25, 0.3) is 0 Å². The maximum Gasteiger partial charge on any atom is 0.349 e. The van der Waals surface area contributed by atoms with Crippen LogP contribution in [0.2, 0.25) is 0 Å². The van der Waals surface area contributed by atoms with E-state index in [4.69, 9.17) is 0 Å². The summed E-state index contributed by atoms with van der Waals surface area (Å²) in [5.74, 6) is -0.0352. The molecule has 0 fully saturated rings. The Morgan fingerprint density at radius 1 is 1.40 bits per heavy atom. The molecule has 0 aliphatic rings. The number of carbonyl (C=O) groups is 1. The van der Waals surface area contributed by atoms with Crippen molar-refractivity contribution in [3.8, 4) is 0 Å². The first-order valence-corrected chi connectivity index (χ1v) is 8.73. The molecule has 5 nitrogen and oxygen atoms in total. The molecule has 1 N–H and O–H groups in total. The molecule has 7 heteroatoms. The summed E-state index contributed by atoms with van der Waals surface area (Å²) in [5.41, 5.74) is 0.556. The number of rotatable bonds is 6. The lowest BCUT2D eigenvalue weighted by molar-refractivity contribution is 0.0602. The third kappa shape index (κ3) is 3.80. The SMILES string of the molecule is COC(=O)c1scc(C)c1S(=O)(=O)NCC(C)C(C)C. The summed E-state index contributed by atoms with van der Waals surface area (Å²) < 4.78 is 31.9. The Morgan fingerprint density at radius 3 is 2.50 bits per heavy atom. The van der Waals surface area contributed by atoms with Crippen molar-refractivity contribution in [2.24, 2.45) is 11.8 Å². The zero-order chi connectivity index (χ0) is 15.5. The molecule has 1 rings (SSSR count). The second-order valence-corrected chi connectivity index (χ2v) is 7.73. The van der Waals surface area contributed by atoms with Crippen molar-refractivity contribution in [1.82, 2.24) is 4.72 Å². The summed E-state index contributed by atoms with van der Waals surface area (Å²) >= 11 is 1.08. The molecule has 0 spiro atoms. The van der Waals surface area contributed by atoms with Crippen LogP contribution in [0.15, 0.2) is 10.3 Å². The molecule has 1 aromatic heterocycles. The zero-order valence-corrected chi connectivity index (χ0v) is 14.0. The van der Waals surface area contributed by atoms with Gasteiger partial charge in [0.1, 0.15) is 9.77 Å². The highest BCUT2D eigenvalue weighted by Gasteiger charge is 2.27. The van der Waals surface area contributed by atoms with E-state index >= 15 is 0 Å². The van der Waals surface area contributed by atoms with Crippen LogP contribution in [0.4, 0.5) is 0 Å². The summed E-state index contributed by atoms with van der Waals surface area (Å²) in [6, 6.07) is 0. The van der Waals surface area contributed by atoms with Crippen LogP contribution in [0.1, 0.15) is 36.0 Å². The molecule has 1 atom stereocenters. The number of esters is 1. The van der Waals surface area contributed by atoms with E-state index in [1.165, 1.54) is 7.11 Å². The first-order chi connectivity index (χ1) is 9.20. The van der Waals surface area contributed by atoms with Gasteiger partial charge in [-0.25, -0.2) is 17.9 Å². The second-order valence-electron chi connectivity index (χ2n) is 5.14. The number of carbonyl (C=O) groups excluding carboxylic acids is 1. The Balaban J connectivity index is 3.04. The molecule has 0 aliphatic heterocycles. The Bertz CT molecular complexity index is 575. The van der Waals surface area contributed by atoms with Crippen LogP contribution >= 0.6 is 11.3 Å². The van der Waals surface area contributed by atoms with Gasteiger partial charge in [-0.2, -0.15) is 0 Å². The van der Waals surface area contributed by atoms with Gasteiger partial charge in [0.05, 0.1) is 7.11 Å². The number of nitrogens with one attached hydrogen (secondary N) is 1. The highest BCUT2D eigenvalue weighted by Crippen LogP contribution is 2.27. The third-order valence-electron chi connectivity index (χ3n) is 3.29. The summed E-state index contributed by atoms with van der Waals surface area (Å²) in [6.07, 6.45) is 0. The molecule has 0 saturated heterocycles. The molecular formula is C13H21NO4S2. The quantitative estimate of drug-likeness (QED) is 0.817. The normalized spacial score (nSPS) is 13.5. The largest absolute Gasteiger partial charge is 0.465 e. The van der Waals surface area contributed by atoms with Crippen LogP contribution < -0.4 is 4.72 Å². The van der Waals surface area contributed by atoms with Crippen molar-refractivity contribution in [2.75, 3.05) is 13.7 Å². The number of hydrogen-bond donors (Lipinski definition) is 1. The molecule has 0 aromatic carbocycles. The lowest BCUT2D eigenvalue weighted by Gasteiger charge is -2.16. The topological polar surface area (TPSA) is 72.5 Å². The van der Waals surface area contributed by atoms with Gasteiger partial charge in [0, 0.05) is 6.54 Å². The second kappa shape index (κ2) is 6.69. The van der Waals surface area contributed by atoms with Gasteiger partial charge in [-0.15, -0.1) is 11.3 Å². The van der Waals surface area contributed by atoms with E-state index in [0.29, 0.717) is 18.0 Å². The van der Waals surface area contributed by atoms with Crippen LogP contribution in [-0.4, -0.2) is 28.0 Å². The summed E-state index contributed by atoms with van der Waals surface area (Å²) in [7, 11) is -2.46. The monoisotopic (exact) mass is 319 g/mol. The summed E-state index contributed by atoms with van der Waals surface area (Å²) in [4.78, 5) is 11.8. The minimum absolute atomic E-state index is 0.0327. The zero-order valence-electron chi connectivity index (χ0n) is 12.4. The molecule has 0 amide bonds. The maximum absolute atomic E-state index is 12.4. The molecule has 20 heavy (non-hydrogen) atoms. The van der Waals surface area contributed by atoms with Crippen molar-refractivity contribution in [2.45, 2.75) is 32.6 Å². The number of ether oxygens (including phenoxy) is 1. The average molecular weight is 319 g/mol. The number of methoxy groups -OCH3 is 1. The van der Waals surface area contributed by atoms with E-state index in [1.807, 2.05) is 20.8 Å². The van der Waals surface area contributed by atoms with E-state index in [2.05, 4.69) is 9.46 Å². The number of thiophene rings is 1. The first-order valence-electron chi connectivity index (χ1n) is 6.36. The highest BCUT2D eigenvalue weighted by molar-refractivity contribution is 7.89. The van der Waals surface area contributed by atoms with Crippen molar-refractivity contribution in [1.29, 1.82) is 0 Å². The van der Waals surface area contributed by atoms with Crippen LogP contribution in [-0.2, 0) is 14.8 Å². The third-order valence-corrected chi connectivity index (χ3v) is 6.11. The maximum atomic E-state index is 12.4. The average Bonchev–Trinajstić information content (AvgIpc) is 2.77. The predicted molar refractivity (Wildman–Crippen MR) is 79.6 cm³/mol. The Labute approximate surface area is 124 Å². The van der Waals surface area contributed by atoms with Crippen LogP contribution in [0.5, 0.6) is 0 Å². The van der Waals surface area contributed by atoms with Crippen molar-refractivity contribution in [3.63, 3.8) is 0 Å². The van der Waals surface area contributed by atoms with Gasteiger partial charge < -0.3 is 4.74 Å². The molecule has 1 aromatic rings. The molecule has 0 radical (unpaired) electrons. The fraction of sp³-hybridized carbons (Fsp3) is 0.615. The van der Waals surface area contributed by atoms with E-state index < -0.39 is 16.0 Å². The molecular weight excluding hydrogens is 298 g/mol. The van der Waals surface area contributed by atoms with Crippen molar-refractivity contribution >= 4 is 27.3 Å². The summed E-state index contributed by atoms with van der Waals surface area (Å²) in [5, 5.41) is 1.65. The van der Waals surface area contributed by atoms with Crippen LogP contribution in [0.3, 0.4) is 0 Å².